The molecule has 0 saturated heterocycles. The summed E-state index contributed by atoms with van der Waals surface area (Å²) in [6.45, 7) is 0.666. The quantitative estimate of drug-likeness (QED) is 0.330. The third kappa shape index (κ3) is 5.52. The monoisotopic (exact) mass is 492 g/mol. The summed E-state index contributed by atoms with van der Waals surface area (Å²) in [5.74, 6) is 0.186. The smallest absolute Gasteiger partial charge is 0.248 e. The number of aromatic amines is 1. The predicted molar refractivity (Wildman–Crippen MR) is 144 cm³/mol. The predicted octanol–water partition coefficient (Wildman–Crippen LogP) is 5.15. The maximum absolute atomic E-state index is 12.6. The van der Waals surface area contributed by atoms with Crippen molar-refractivity contribution in [2.75, 3.05) is 26.0 Å². The number of nitrogens with one attached hydrogen (secondary N) is 2. The summed E-state index contributed by atoms with van der Waals surface area (Å²) in [7, 11) is 3.89. The Morgan fingerprint density at radius 2 is 2.00 bits per heavy atom. The number of nitrogens with zero attached hydrogens (tertiary/aromatic N) is 4. The molecular weight excluding hydrogens is 464 g/mol. The van der Waals surface area contributed by atoms with Crippen LogP contribution in [0, 0.1) is 11.3 Å². The van der Waals surface area contributed by atoms with Gasteiger partial charge in [0.25, 0.3) is 0 Å². The van der Waals surface area contributed by atoms with Crippen LogP contribution >= 0.6 is 0 Å². The fraction of sp³-hybridized carbons (Fsp3) is 0.241. The van der Waals surface area contributed by atoms with Crippen molar-refractivity contribution in [3.05, 3.63) is 72.7 Å². The van der Waals surface area contributed by atoms with Gasteiger partial charge in [0.2, 0.25) is 11.8 Å². The molecule has 186 valence electrons. The van der Waals surface area contributed by atoms with Crippen LogP contribution in [0.4, 0.5) is 5.69 Å². The Morgan fingerprint density at radius 1 is 1.19 bits per heavy atom. The number of H-pyrrole nitrogens is 1. The van der Waals surface area contributed by atoms with Crippen molar-refractivity contribution in [2.45, 2.75) is 25.4 Å². The molecule has 5 rings (SSSR count). The number of hydrogen-bond acceptors (Lipinski definition) is 6. The Labute approximate surface area is 215 Å². The van der Waals surface area contributed by atoms with Crippen LogP contribution in [0.1, 0.15) is 24.8 Å². The topological polar surface area (TPSA) is 107 Å². The molecule has 3 heterocycles. The summed E-state index contributed by atoms with van der Waals surface area (Å²) in [5, 5.41) is 13.2. The summed E-state index contributed by atoms with van der Waals surface area (Å²) in [6.07, 6.45) is 12.0. The highest BCUT2D eigenvalue weighted by molar-refractivity contribution is 6.01. The molecule has 2 N–H and O–H groups in total. The van der Waals surface area contributed by atoms with Crippen molar-refractivity contribution in [1.29, 1.82) is 5.26 Å². The maximum Gasteiger partial charge on any atom is 0.248 e. The number of hydrogen-bond donors (Lipinski definition) is 2. The van der Waals surface area contributed by atoms with Gasteiger partial charge in [-0.3, -0.25) is 4.79 Å². The molecule has 1 aliphatic rings. The van der Waals surface area contributed by atoms with Gasteiger partial charge in [-0.05, 0) is 63.2 Å². The van der Waals surface area contributed by atoms with E-state index in [1.54, 1.807) is 18.5 Å². The number of ether oxygens (including phenoxy) is 1. The first kappa shape index (κ1) is 24.2. The molecule has 0 spiro atoms. The van der Waals surface area contributed by atoms with Crippen LogP contribution < -0.4 is 10.1 Å². The van der Waals surface area contributed by atoms with Gasteiger partial charge in [-0.25, -0.2) is 9.97 Å². The number of carbonyl (C=O) groups excluding carboxylic acids is 1. The van der Waals surface area contributed by atoms with Crippen LogP contribution in [-0.2, 0) is 4.79 Å². The van der Waals surface area contributed by atoms with Crippen LogP contribution in [0.15, 0.2) is 67.1 Å². The average molecular weight is 493 g/mol. The van der Waals surface area contributed by atoms with Gasteiger partial charge in [0.05, 0.1) is 11.6 Å². The largest absolute Gasteiger partial charge is 0.473 e. The molecule has 1 fully saturated rings. The van der Waals surface area contributed by atoms with Crippen molar-refractivity contribution >= 4 is 22.6 Å². The summed E-state index contributed by atoms with van der Waals surface area (Å²) < 4.78 is 6.07. The van der Waals surface area contributed by atoms with E-state index >= 15 is 0 Å². The van der Waals surface area contributed by atoms with Gasteiger partial charge in [0.15, 0.2) is 0 Å². The zero-order valence-electron chi connectivity index (χ0n) is 20.9. The highest BCUT2D eigenvalue weighted by Gasteiger charge is 2.22. The molecule has 1 aliphatic carbocycles. The van der Waals surface area contributed by atoms with E-state index in [-0.39, 0.29) is 12.0 Å². The lowest BCUT2D eigenvalue weighted by atomic mass is 9.96. The van der Waals surface area contributed by atoms with E-state index in [9.17, 15) is 10.1 Å². The minimum Gasteiger partial charge on any atom is -0.473 e. The maximum atomic E-state index is 12.6. The second kappa shape index (κ2) is 10.6. The zero-order chi connectivity index (χ0) is 25.8. The van der Waals surface area contributed by atoms with Gasteiger partial charge >= 0.3 is 0 Å². The lowest BCUT2D eigenvalue weighted by Gasteiger charge is -2.26. The third-order valence-electron chi connectivity index (χ3n) is 6.35. The molecule has 1 saturated carbocycles. The molecule has 8 heteroatoms. The summed E-state index contributed by atoms with van der Waals surface area (Å²) in [5.41, 5.74) is 5.43. The second-order valence-corrected chi connectivity index (χ2v) is 9.42. The standard InChI is InChI=1S/C29H28N6O2/c1-35(2)11-5-10-27(36)34-26-14-22(17-33-29(26)37-23-8-4-9-23)21-13-24-25(18-32-28(24)31-16-21)20-7-3-6-19(12-20)15-30/h3,5-7,10,12-14,16-18,23H,4,8-9,11H2,1-2H3,(H,31,32)(H,34,36)/b10-5+. The van der Waals surface area contributed by atoms with E-state index in [2.05, 4.69) is 26.3 Å². The summed E-state index contributed by atoms with van der Waals surface area (Å²) in [4.78, 5) is 27.0. The number of fused-ring (bicyclic) bond motifs is 1. The Kier molecular flexibility index (Phi) is 6.97. The lowest BCUT2D eigenvalue weighted by Crippen LogP contribution is -2.25. The van der Waals surface area contributed by atoms with E-state index in [4.69, 9.17) is 4.74 Å². The van der Waals surface area contributed by atoms with Gasteiger partial charge in [0, 0.05) is 53.3 Å². The summed E-state index contributed by atoms with van der Waals surface area (Å²) >= 11 is 0. The number of amides is 1. The molecule has 1 amide bonds. The first-order chi connectivity index (χ1) is 18.0. The average Bonchev–Trinajstić information content (AvgIpc) is 3.30. The van der Waals surface area contributed by atoms with Crippen molar-refractivity contribution in [3.8, 4) is 34.2 Å². The van der Waals surface area contributed by atoms with Gasteiger partial charge < -0.3 is 19.9 Å². The van der Waals surface area contributed by atoms with Crippen molar-refractivity contribution in [1.82, 2.24) is 19.9 Å². The highest BCUT2D eigenvalue weighted by Crippen LogP contribution is 2.35. The van der Waals surface area contributed by atoms with Crippen molar-refractivity contribution < 1.29 is 9.53 Å². The third-order valence-corrected chi connectivity index (χ3v) is 6.35. The van der Waals surface area contributed by atoms with E-state index in [1.165, 1.54) is 6.08 Å². The highest BCUT2D eigenvalue weighted by atomic mass is 16.5. The number of carbonyl (C=O) groups is 1. The number of rotatable bonds is 8. The molecule has 0 aliphatic heterocycles. The molecule has 4 aromatic rings. The van der Waals surface area contributed by atoms with E-state index in [1.807, 2.05) is 61.6 Å². The van der Waals surface area contributed by atoms with Crippen LogP contribution in [0.25, 0.3) is 33.3 Å². The molecule has 37 heavy (non-hydrogen) atoms. The minimum absolute atomic E-state index is 0.128. The van der Waals surface area contributed by atoms with E-state index in [0.717, 1.165) is 52.5 Å². The summed E-state index contributed by atoms with van der Waals surface area (Å²) in [6, 6.07) is 13.6. The molecule has 0 radical (unpaired) electrons. The Morgan fingerprint density at radius 3 is 2.76 bits per heavy atom. The van der Waals surface area contributed by atoms with Crippen LogP contribution in [0.5, 0.6) is 5.88 Å². The SMILES string of the molecule is CN(C)C/C=C/C(=O)Nc1cc(-c2cnc3[nH]cc(-c4cccc(C#N)c4)c3c2)cnc1OC1CCC1. The lowest BCUT2D eigenvalue weighted by molar-refractivity contribution is -0.111. The zero-order valence-corrected chi connectivity index (χ0v) is 20.9. The number of pyridine rings is 2. The number of nitriles is 1. The fourth-order valence-corrected chi connectivity index (χ4v) is 4.14. The molecule has 8 nitrogen and oxygen atoms in total. The molecule has 0 atom stereocenters. The molecule has 0 unspecified atom stereocenters. The van der Waals surface area contributed by atoms with Crippen LogP contribution in [0.3, 0.4) is 0 Å². The van der Waals surface area contributed by atoms with Crippen LogP contribution in [-0.4, -0.2) is 52.5 Å². The van der Waals surface area contributed by atoms with E-state index < -0.39 is 0 Å². The Balaban J connectivity index is 1.49. The van der Waals surface area contributed by atoms with Crippen molar-refractivity contribution in [3.63, 3.8) is 0 Å². The van der Waals surface area contributed by atoms with Gasteiger partial charge in [-0.1, -0.05) is 18.2 Å². The molecular formula is C29H28N6O2. The van der Waals surface area contributed by atoms with E-state index in [0.29, 0.717) is 23.7 Å². The first-order valence-corrected chi connectivity index (χ1v) is 12.3. The molecule has 0 bridgehead atoms. The Hall–Kier alpha value is -4.48. The first-order valence-electron chi connectivity index (χ1n) is 12.3. The number of benzene rings is 1. The minimum atomic E-state index is -0.238. The van der Waals surface area contributed by atoms with Gasteiger partial charge in [-0.15, -0.1) is 0 Å². The van der Waals surface area contributed by atoms with Gasteiger partial charge in [-0.2, -0.15) is 5.26 Å². The number of aromatic nitrogens is 3. The second-order valence-electron chi connectivity index (χ2n) is 9.42. The van der Waals surface area contributed by atoms with Crippen LogP contribution in [0.2, 0.25) is 0 Å². The number of anilines is 1. The Bertz CT molecular complexity index is 1510. The normalized spacial score (nSPS) is 13.6. The van der Waals surface area contributed by atoms with Gasteiger partial charge in [0.1, 0.15) is 17.4 Å². The number of likely N-dealkylation sites (N-methyl/N-ethyl adjacent to an activating group) is 1. The van der Waals surface area contributed by atoms with Crippen molar-refractivity contribution in [2.24, 2.45) is 0 Å². The molecule has 3 aromatic heterocycles. The molecule has 1 aromatic carbocycles. The fourth-order valence-electron chi connectivity index (χ4n) is 4.14.